The Balaban J connectivity index is 2.00. The molecule has 0 radical (unpaired) electrons. The van der Waals surface area contributed by atoms with Crippen LogP contribution >= 0.6 is 0 Å². The van der Waals surface area contributed by atoms with Crippen LogP contribution in [0, 0.1) is 5.41 Å². The Kier molecular flexibility index (Phi) is 5.76. The molecule has 0 aliphatic heterocycles. The van der Waals surface area contributed by atoms with E-state index in [4.69, 9.17) is 0 Å². The average molecular weight is 421 g/mol. The summed E-state index contributed by atoms with van der Waals surface area (Å²) in [7, 11) is 0. The molecule has 0 saturated heterocycles. The first-order chi connectivity index (χ1) is 15.1. The summed E-state index contributed by atoms with van der Waals surface area (Å²) < 4.78 is 0. The van der Waals surface area contributed by atoms with Crippen molar-refractivity contribution in [3.8, 4) is 0 Å². The molecule has 0 atom stereocenters. The van der Waals surface area contributed by atoms with Crippen LogP contribution in [0.2, 0.25) is 0 Å². The normalized spacial score (nSPS) is 16.3. The van der Waals surface area contributed by atoms with Gasteiger partial charge in [0.25, 0.3) is 0 Å². The molecular weight excluding hydrogens is 384 g/mol. The molecule has 0 bridgehead atoms. The minimum absolute atomic E-state index is 0.0932. The maximum absolute atomic E-state index is 2.54. The molecule has 3 aromatic rings. The summed E-state index contributed by atoms with van der Waals surface area (Å²) >= 11 is 0. The second-order valence-electron chi connectivity index (χ2n) is 11.2. The highest BCUT2D eigenvalue weighted by molar-refractivity contribution is 5.75. The van der Waals surface area contributed by atoms with Crippen LogP contribution in [0.4, 0.5) is 0 Å². The molecule has 0 unspecified atom stereocenters. The summed E-state index contributed by atoms with van der Waals surface area (Å²) in [6, 6.07) is 31.1. The van der Waals surface area contributed by atoms with Crippen molar-refractivity contribution in [1.82, 2.24) is 0 Å². The van der Waals surface area contributed by atoms with Crippen LogP contribution in [0.5, 0.6) is 0 Å². The van der Waals surface area contributed by atoms with Crippen LogP contribution in [0.15, 0.2) is 103 Å². The highest BCUT2D eigenvalue weighted by atomic mass is 14.4. The minimum Gasteiger partial charge on any atom is -0.0657 e. The molecule has 3 aromatic carbocycles. The van der Waals surface area contributed by atoms with E-state index in [0.29, 0.717) is 0 Å². The zero-order valence-electron chi connectivity index (χ0n) is 20.4. The third kappa shape index (κ3) is 4.37. The third-order valence-corrected chi connectivity index (χ3v) is 6.75. The van der Waals surface area contributed by atoms with Gasteiger partial charge in [-0.3, -0.25) is 0 Å². The van der Waals surface area contributed by atoms with Gasteiger partial charge in [0, 0.05) is 0 Å². The topological polar surface area (TPSA) is 0 Å². The second-order valence-corrected chi connectivity index (χ2v) is 11.2. The van der Waals surface area contributed by atoms with Crippen molar-refractivity contribution in [3.05, 3.63) is 125 Å². The molecule has 1 aliphatic carbocycles. The average Bonchev–Trinajstić information content (AvgIpc) is 2.79. The highest BCUT2D eigenvalue weighted by Crippen LogP contribution is 2.47. The molecule has 164 valence electrons. The molecule has 0 fully saturated rings. The van der Waals surface area contributed by atoms with Gasteiger partial charge in [-0.1, -0.05) is 144 Å². The Morgan fingerprint density at radius 2 is 1.16 bits per heavy atom. The molecule has 0 nitrogen and oxygen atoms in total. The minimum atomic E-state index is -0.281. The van der Waals surface area contributed by atoms with Gasteiger partial charge in [-0.15, -0.1) is 0 Å². The SMILES string of the molecule is CC(C)(C)C1=CC(c2ccccc2)(c2ccccc2)C=C(c2cccc(C(C)(C)C)c2)C1. The van der Waals surface area contributed by atoms with Crippen molar-refractivity contribution in [3.63, 3.8) is 0 Å². The third-order valence-electron chi connectivity index (χ3n) is 6.75. The van der Waals surface area contributed by atoms with E-state index in [9.17, 15) is 0 Å². The lowest BCUT2D eigenvalue weighted by Gasteiger charge is -2.38. The Hall–Kier alpha value is -2.86. The van der Waals surface area contributed by atoms with Gasteiger partial charge in [-0.2, -0.15) is 0 Å². The standard InChI is InChI=1S/C32H36/c1-30(2,3)28-19-13-14-24(20-28)25-21-29(31(4,5)6)23-32(22-25,26-15-9-7-10-16-26)27-17-11-8-12-18-27/h7-20,22-23H,21H2,1-6H3. The Bertz CT molecular complexity index is 1090. The molecule has 32 heavy (non-hydrogen) atoms. The summed E-state index contributed by atoms with van der Waals surface area (Å²) in [4.78, 5) is 0. The second kappa shape index (κ2) is 8.24. The quantitative estimate of drug-likeness (QED) is 0.372. The molecule has 0 saturated carbocycles. The first-order valence-electron chi connectivity index (χ1n) is 11.8. The molecule has 4 rings (SSSR count). The fourth-order valence-corrected chi connectivity index (χ4v) is 4.68. The zero-order valence-corrected chi connectivity index (χ0v) is 20.4. The number of benzene rings is 3. The van der Waals surface area contributed by atoms with Gasteiger partial charge >= 0.3 is 0 Å². The lowest BCUT2D eigenvalue weighted by atomic mass is 9.65. The van der Waals surface area contributed by atoms with Crippen molar-refractivity contribution < 1.29 is 0 Å². The van der Waals surface area contributed by atoms with E-state index in [2.05, 4.69) is 139 Å². The van der Waals surface area contributed by atoms with Crippen LogP contribution in [0.3, 0.4) is 0 Å². The van der Waals surface area contributed by atoms with Gasteiger partial charge < -0.3 is 0 Å². The van der Waals surface area contributed by atoms with Crippen LogP contribution in [-0.4, -0.2) is 0 Å². The Morgan fingerprint density at radius 3 is 1.66 bits per heavy atom. The Labute approximate surface area is 194 Å². The first kappa shape index (κ1) is 22.3. The number of hydrogen-bond donors (Lipinski definition) is 0. The lowest BCUT2D eigenvalue weighted by Crippen LogP contribution is -2.29. The fraction of sp³-hybridized carbons (Fsp3) is 0.312. The summed E-state index contributed by atoms with van der Waals surface area (Å²) in [5.41, 5.74) is 8.20. The largest absolute Gasteiger partial charge is 0.0657 e. The van der Waals surface area contributed by atoms with Crippen molar-refractivity contribution in [2.75, 3.05) is 0 Å². The van der Waals surface area contributed by atoms with Crippen molar-refractivity contribution in [2.24, 2.45) is 5.41 Å². The number of allylic oxidation sites excluding steroid dienone is 4. The van der Waals surface area contributed by atoms with Crippen LogP contribution in [-0.2, 0) is 10.8 Å². The van der Waals surface area contributed by atoms with Crippen molar-refractivity contribution >= 4 is 5.57 Å². The van der Waals surface area contributed by atoms with Crippen LogP contribution in [0.25, 0.3) is 5.57 Å². The summed E-state index contributed by atoms with van der Waals surface area (Å²) in [5.74, 6) is 0. The molecule has 1 aliphatic rings. The first-order valence-corrected chi connectivity index (χ1v) is 11.8. The van der Waals surface area contributed by atoms with E-state index in [1.807, 2.05) is 0 Å². The van der Waals surface area contributed by atoms with Gasteiger partial charge in [-0.25, -0.2) is 0 Å². The van der Waals surface area contributed by atoms with Gasteiger partial charge in [0.2, 0.25) is 0 Å². The van der Waals surface area contributed by atoms with Gasteiger partial charge in [0.05, 0.1) is 5.41 Å². The molecule has 0 heterocycles. The summed E-state index contributed by atoms with van der Waals surface area (Å²) in [6.45, 7) is 13.9. The van der Waals surface area contributed by atoms with Gasteiger partial charge in [0.1, 0.15) is 0 Å². The van der Waals surface area contributed by atoms with Crippen molar-refractivity contribution in [1.29, 1.82) is 0 Å². The molecule has 0 spiro atoms. The van der Waals surface area contributed by atoms with E-state index in [0.717, 1.165) is 6.42 Å². The van der Waals surface area contributed by atoms with E-state index in [1.54, 1.807) is 0 Å². The smallest absolute Gasteiger partial charge is 0.0571 e. The summed E-state index contributed by atoms with van der Waals surface area (Å²) in [6.07, 6.45) is 6.04. The monoisotopic (exact) mass is 420 g/mol. The van der Waals surface area contributed by atoms with E-state index in [1.165, 1.54) is 33.4 Å². The number of hydrogen-bond acceptors (Lipinski definition) is 0. The molecule has 0 amide bonds. The maximum Gasteiger partial charge on any atom is 0.0571 e. The van der Waals surface area contributed by atoms with E-state index >= 15 is 0 Å². The fourth-order valence-electron chi connectivity index (χ4n) is 4.68. The highest BCUT2D eigenvalue weighted by Gasteiger charge is 2.36. The van der Waals surface area contributed by atoms with Gasteiger partial charge in [0.15, 0.2) is 0 Å². The maximum atomic E-state index is 2.54. The molecular formula is C32H36. The van der Waals surface area contributed by atoms with Gasteiger partial charge in [-0.05, 0) is 45.1 Å². The summed E-state index contributed by atoms with van der Waals surface area (Å²) in [5, 5.41) is 0. The molecule has 0 heteroatoms. The molecule has 0 aromatic heterocycles. The lowest BCUT2D eigenvalue weighted by molar-refractivity contribution is 0.485. The van der Waals surface area contributed by atoms with Crippen LogP contribution in [0.1, 0.15) is 70.2 Å². The number of rotatable bonds is 3. The van der Waals surface area contributed by atoms with Crippen LogP contribution < -0.4 is 0 Å². The molecule has 0 N–H and O–H groups in total. The van der Waals surface area contributed by atoms with E-state index in [-0.39, 0.29) is 16.2 Å². The van der Waals surface area contributed by atoms with E-state index < -0.39 is 0 Å². The predicted octanol–water partition coefficient (Wildman–Crippen LogP) is 8.73. The Morgan fingerprint density at radius 1 is 0.594 bits per heavy atom. The predicted molar refractivity (Wildman–Crippen MR) is 139 cm³/mol. The zero-order chi connectivity index (χ0) is 23.0. The van der Waals surface area contributed by atoms with Crippen molar-refractivity contribution in [2.45, 2.75) is 58.8 Å².